The fourth-order valence-corrected chi connectivity index (χ4v) is 3.18. The lowest BCUT2D eigenvalue weighted by Crippen LogP contribution is -2.39. The highest BCUT2D eigenvalue weighted by atomic mass is 79.9. The van der Waals surface area contributed by atoms with Crippen LogP contribution < -0.4 is 15.8 Å². The quantitative estimate of drug-likeness (QED) is 0.825. The minimum absolute atomic E-state index is 0.0418. The van der Waals surface area contributed by atoms with E-state index in [4.69, 9.17) is 10.5 Å². The lowest BCUT2D eigenvalue weighted by atomic mass is 9.95. The van der Waals surface area contributed by atoms with Crippen molar-refractivity contribution >= 4 is 21.8 Å². The average Bonchev–Trinajstić information content (AvgIpc) is 2.48. The van der Waals surface area contributed by atoms with E-state index in [-0.39, 0.29) is 12.5 Å². The molecule has 1 amide bonds. The number of ether oxygens (including phenoxy) is 1. The number of nitrogens with two attached hydrogens (primary N) is 1. The van der Waals surface area contributed by atoms with Gasteiger partial charge in [-0.15, -0.1) is 0 Å². The normalized spacial score (nSPS) is 15.7. The first-order chi connectivity index (χ1) is 10.2. The summed E-state index contributed by atoms with van der Waals surface area (Å²) in [7, 11) is 0. The summed E-state index contributed by atoms with van der Waals surface area (Å²) in [6, 6.07) is 6.17. The summed E-state index contributed by atoms with van der Waals surface area (Å²) in [6.07, 6.45) is 6.71. The van der Waals surface area contributed by atoms with E-state index in [9.17, 15) is 4.79 Å². The van der Waals surface area contributed by atoms with Gasteiger partial charge in [0.1, 0.15) is 5.75 Å². The molecule has 2 rings (SSSR count). The Morgan fingerprint density at radius 2 is 2.10 bits per heavy atom. The molecule has 0 spiro atoms. The molecule has 1 aromatic carbocycles. The molecule has 5 heteroatoms. The van der Waals surface area contributed by atoms with Crippen LogP contribution in [-0.4, -0.2) is 25.1 Å². The highest BCUT2D eigenvalue weighted by molar-refractivity contribution is 9.10. The van der Waals surface area contributed by atoms with Crippen LogP contribution in [0.4, 0.5) is 0 Å². The van der Waals surface area contributed by atoms with Crippen molar-refractivity contribution < 1.29 is 9.53 Å². The molecule has 1 aliphatic carbocycles. The molecule has 1 saturated carbocycles. The van der Waals surface area contributed by atoms with Gasteiger partial charge in [0, 0.05) is 6.04 Å². The fraction of sp³-hybridized carbons (Fsp3) is 0.562. The van der Waals surface area contributed by atoms with Crippen molar-refractivity contribution in [1.29, 1.82) is 0 Å². The highest BCUT2D eigenvalue weighted by Crippen LogP contribution is 2.26. The number of amides is 1. The van der Waals surface area contributed by atoms with Gasteiger partial charge in [0.25, 0.3) is 5.91 Å². The monoisotopic (exact) mass is 354 g/mol. The molecular formula is C16H23BrN2O2. The van der Waals surface area contributed by atoms with E-state index in [1.165, 1.54) is 19.3 Å². The molecule has 0 unspecified atom stereocenters. The molecule has 0 saturated heterocycles. The second kappa shape index (κ2) is 8.39. The zero-order valence-corrected chi connectivity index (χ0v) is 13.8. The van der Waals surface area contributed by atoms with Crippen LogP contribution in [0.3, 0.4) is 0 Å². The molecule has 0 bridgehead atoms. The van der Waals surface area contributed by atoms with Crippen LogP contribution in [0.2, 0.25) is 0 Å². The first kappa shape index (κ1) is 16.3. The zero-order chi connectivity index (χ0) is 15.1. The van der Waals surface area contributed by atoms with Crippen molar-refractivity contribution in [1.82, 2.24) is 5.32 Å². The minimum Gasteiger partial charge on any atom is -0.483 e. The van der Waals surface area contributed by atoms with E-state index in [0.29, 0.717) is 18.3 Å². The van der Waals surface area contributed by atoms with Crippen LogP contribution in [0, 0.1) is 0 Å². The summed E-state index contributed by atoms with van der Waals surface area (Å²) in [5.74, 6) is 0.648. The molecule has 0 aliphatic heterocycles. The highest BCUT2D eigenvalue weighted by Gasteiger charge is 2.16. The van der Waals surface area contributed by atoms with Crippen molar-refractivity contribution in [2.75, 3.05) is 13.2 Å². The van der Waals surface area contributed by atoms with Crippen LogP contribution in [0.15, 0.2) is 22.7 Å². The summed E-state index contributed by atoms with van der Waals surface area (Å²) in [5, 5.41) is 3.04. The molecule has 4 nitrogen and oxygen atoms in total. The van der Waals surface area contributed by atoms with Crippen molar-refractivity contribution in [2.45, 2.75) is 44.6 Å². The maximum Gasteiger partial charge on any atom is 0.258 e. The van der Waals surface area contributed by atoms with Crippen LogP contribution in [0.5, 0.6) is 5.75 Å². The van der Waals surface area contributed by atoms with Crippen LogP contribution >= 0.6 is 15.9 Å². The number of rotatable bonds is 6. The zero-order valence-electron chi connectivity index (χ0n) is 12.2. The van der Waals surface area contributed by atoms with E-state index in [0.717, 1.165) is 29.3 Å². The lowest BCUT2D eigenvalue weighted by Gasteiger charge is -2.22. The van der Waals surface area contributed by atoms with Crippen molar-refractivity contribution in [3.8, 4) is 5.75 Å². The van der Waals surface area contributed by atoms with E-state index in [1.807, 2.05) is 18.2 Å². The van der Waals surface area contributed by atoms with Crippen LogP contribution in [0.25, 0.3) is 0 Å². The molecule has 0 aromatic heterocycles. The van der Waals surface area contributed by atoms with Crippen molar-refractivity contribution in [3.05, 3.63) is 28.2 Å². The molecule has 21 heavy (non-hydrogen) atoms. The topological polar surface area (TPSA) is 64.3 Å². The summed E-state index contributed by atoms with van der Waals surface area (Å²) < 4.78 is 6.44. The van der Waals surface area contributed by atoms with E-state index in [1.54, 1.807) is 0 Å². The van der Waals surface area contributed by atoms with Gasteiger partial charge in [0.2, 0.25) is 0 Å². The molecule has 0 heterocycles. The molecule has 0 radical (unpaired) electrons. The summed E-state index contributed by atoms with van der Waals surface area (Å²) >= 11 is 3.47. The van der Waals surface area contributed by atoms with Gasteiger partial charge in [0.05, 0.1) is 4.47 Å². The largest absolute Gasteiger partial charge is 0.483 e. The van der Waals surface area contributed by atoms with Gasteiger partial charge in [-0.05, 0) is 59.4 Å². The van der Waals surface area contributed by atoms with Gasteiger partial charge in [-0.2, -0.15) is 0 Å². The molecule has 116 valence electrons. The maximum absolute atomic E-state index is 11.9. The van der Waals surface area contributed by atoms with Crippen molar-refractivity contribution in [3.63, 3.8) is 0 Å². The predicted molar refractivity (Wildman–Crippen MR) is 87.4 cm³/mol. The second-order valence-electron chi connectivity index (χ2n) is 5.49. The Morgan fingerprint density at radius 1 is 1.33 bits per heavy atom. The van der Waals surface area contributed by atoms with Crippen LogP contribution in [0.1, 0.15) is 37.7 Å². The number of carbonyl (C=O) groups is 1. The third-order valence-electron chi connectivity index (χ3n) is 3.76. The third-order valence-corrected chi connectivity index (χ3v) is 4.38. The van der Waals surface area contributed by atoms with Crippen molar-refractivity contribution in [2.24, 2.45) is 5.73 Å². The Hall–Kier alpha value is -1.07. The van der Waals surface area contributed by atoms with Gasteiger partial charge in [-0.25, -0.2) is 0 Å². The predicted octanol–water partition coefficient (Wildman–Crippen LogP) is 2.78. The molecular weight excluding hydrogens is 332 g/mol. The smallest absolute Gasteiger partial charge is 0.258 e. The Kier molecular flexibility index (Phi) is 6.51. The summed E-state index contributed by atoms with van der Waals surface area (Å²) in [5.41, 5.74) is 6.69. The number of hydrogen-bond donors (Lipinski definition) is 2. The van der Waals surface area contributed by atoms with Gasteiger partial charge in [-0.3, -0.25) is 4.79 Å². The average molecular weight is 355 g/mol. The number of hydrogen-bond acceptors (Lipinski definition) is 3. The summed E-state index contributed by atoms with van der Waals surface area (Å²) in [4.78, 5) is 11.9. The Balaban J connectivity index is 1.80. The Morgan fingerprint density at radius 3 is 2.76 bits per heavy atom. The van der Waals surface area contributed by atoms with E-state index >= 15 is 0 Å². The first-order valence-corrected chi connectivity index (χ1v) is 8.39. The molecule has 3 N–H and O–H groups in total. The third kappa shape index (κ3) is 5.32. The van der Waals surface area contributed by atoms with E-state index < -0.39 is 0 Å². The fourth-order valence-electron chi connectivity index (χ4n) is 2.64. The number of nitrogens with one attached hydrogen (secondary N) is 1. The number of halogens is 1. The van der Waals surface area contributed by atoms with Gasteiger partial charge < -0.3 is 15.8 Å². The Labute approximate surface area is 134 Å². The standard InChI is InChI=1S/C16H23BrN2O2/c17-14-10-12(8-9-18)6-7-15(14)21-11-16(20)19-13-4-2-1-3-5-13/h6-7,10,13H,1-5,8-9,11,18H2,(H,19,20). The van der Waals surface area contributed by atoms with Gasteiger partial charge in [0.15, 0.2) is 6.61 Å². The minimum atomic E-state index is -0.0418. The van der Waals surface area contributed by atoms with E-state index in [2.05, 4.69) is 21.2 Å². The maximum atomic E-state index is 11.9. The number of carbonyl (C=O) groups excluding carboxylic acids is 1. The molecule has 1 fully saturated rings. The Bertz CT molecular complexity index is 473. The summed E-state index contributed by atoms with van der Waals surface area (Å²) in [6.45, 7) is 0.682. The molecule has 1 aromatic rings. The lowest BCUT2D eigenvalue weighted by molar-refractivity contribution is -0.124. The molecule has 1 aliphatic rings. The SMILES string of the molecule is NCCc1ccc(OCC(=O)NC2CCCCC2)c(Br)c1. The first-order valence-electron chi connectivity index (χ1n) is 7.59. The molecule has 0 atom stereocenters. The van der Waals surface area contributed by atoms with Gasteiger partial charge in [-0.1, -0.05) is 25.3 Å². The van der Waals surface area contributed by atoms with Crippen LogP contribution in [-0.2, 0) is 11.2 Å². The number of benzene rings is 1. The second-order valence-corrected chi connectivity index (χ2v) is 6.35. The van der Waals surface area contributed by atoms with Gasteiger partial charge >= 0.3 is 0 Å².